The lowest BCUT2D eigenvalue weighted by atomic mass is 10.2. The Labute approximate surface area is 166 Å². The first-order valence-electron chi connectivity index (χ1n) is 8.65. The molecule has 2 aromatic carbocycles. The number of esters is 1. The largest absolute Gasteiger partial charge is 0.465 e. The van der Waals surface area contributed by atoms with Crippen LogP contribution in [-0.2, 0) is 16.0 Å². The number of benzene rings is 2. The third-order valence-corrected chi connectivity index (χ3v) is 5.21. The lowest BCUT2D eigenvalue weighted by molar-refractivity contribution is -0.143. The number of fused-ring (bicyclic) bond motifs is 1. The average Bonchev–Trinajstić information content (AvgIpc) is 3.08. The highest BCUT2D eigenvalue weighted by Crippen LogP contribution is 2.21. The molecular formula is C20H19ClN2O3S. The Hall–Kier alpha value is -2.44. The molecule has 0 atom stereocenters. The van der Waals surface area contributed by atoms with E-state index < -0.39 is 0 Å². The van der Waals surface area contributed by atoms with Gasteiger partial charge in [0.05, 0.1) is 21.8 Å². The number of nitrogens with zero attached hydrogens (tertiary/aromatic N) is 1. The summed E-state index contributed by atoms with van der Waals surface area (Å²) in [5.74, 6) is -0.451. The second-order valence-electron chi connectivity index (χ2n) is 5.91. The number of aromatic nitrogens is 1. The van der Waals surface area contributed by atoms with Gasteiger partial charge in [-0.2, -0.15) is 0 Å². The lowest BCUT2D eigenvalue weighted by Gasteiger charge is -2.06. The molecule has 7 heteroatoms. The number of halogens is 1. The molecule has 0 fully saturated rings. The summed E-state index contributed by atoms with van der Waals surface area (Å²) in [4.78, 5) is 28.2. The highest BCUT2D eigenvalue weighted by Gasteiger charge is 2.08. The van der Waals surface area contributed by atoms with Gasteiger partial charge < -0.3 is 10.1 Å². The molecule has 0 saturated heterocycles. The fraction of sp³-hybridized carbons (Fsp3) is 0.250. The van der Waals surface area contributed by atoms with Gasteiger partial charge in [0.1, 0.15) is 0 Å². The van der Waals surface area contributed by atoms with Gasteiger partial charge in [-0.15, -0.1) is 11.3 Å². The first-order valence-corrected chi connectivity index (χ1v) is 9.85. The summed E-state index contributed by atoms with van der Waals surface area (Å²) in [6.07, 6.45) is 1.40. The summed E-state index contributed by atoms with van der Waals surface area (Å²) in [5, 5.41) is 4.31. The number of nitrogens with one attached hydrogen (secondary N) is 1. The third-order valence-electron chi connectivity index (χ3n) is 3.87. The average molecular weight is 403 g/mol. The molecule has 0 aliphatic heterocycles. The van der Waals surface area contributed by atoms with Crippen molar-refractivity contribution < 1.29 is 14.3 Å². The number of carbonyl (C=O) groups excluding carboxylic acids is 2. The van der Waals surface area contributed by atoms with Crippen molar-refractivity contribution in [1.82, 2.24) is 10.3 Å². The Bertz CT molecular complexity index is 891. The molecule has 5 nitrogen and oxygen atoms in total. The predicted molar refractivity (Wildman–Crippen MR) is 107 cm³/mol. The van der Waals surface area contributed by atoms with Crippen LogP contribution in [0.2, 0.25) is 5.02 Å². The monoisotopic (exact) mass is 402 g/mol. The van der Waals surface area contributed by atoms with Gasteiger partial charge in [0, 0.05) is 30.0 Å². The smallest absolute Gasteiger partial charge is 0.305 e. The minimum atomic E-state index is -0.267. The molecule has 0 unspecified atom stereocenters. The van der Waals surface area contributed by atoms with Gasteiger partial charge in [-0.05, 0) is 42.8 Å². The first kappa shape index (κ1) is 19.3. The Morgan fingerprint density at radius 2 is 1.89 bits per heavy atom. The molecule has 1 amide bonds. The van der Waals surface area contributed by atoms with Crippen molar-refractivity contribution in [3.63, 3.8) is 0 Å². The van der Waals surface area contributed by atoms with Crippen molar-refractivity contribution in [3.05, 3.63) is 64.1 Å². The van der Waals surface area contributed by atoms with Crippen LogP contribution in [0, 0.1) is 0 Å². The molecule has 27 heavy (non-hydrogen) atoms. The molecule has 3 aromatic rings. The van der Waals surface area contributed by atoms with E-state index >= 15 is 0 Å². The molecule has 0 aliphatic rings. The van der Waals surface area contributed by atoms with Crippen molar-refractivity contribution in [3.8, 4) is 0 Å². The topological polar surface area (TPSA) is 68.3 Å². The van der Waals surface area contributed by atoms with Crippen LogP contribution in [0.15, 0.2) is 48.5 Å². The predicted octanol–water partition coefficient (Wildman–Crippen LogP) is 4.25. The maximum absolute atomic E-state index is 11.9. The molecule has 1 aromatic heterocycles. The molecule has 0 spiro atoms. The Balaban J connectivity index is 1.31. The molecule has 0 saturated carbocycles. The number of carbonyl (C=O) groups is 2. The van der Waals surface area contributed by atoms with Crippen LogP contribution in [-0.4, -0.2) is 30.0 Å². The van der Waals surface area contributed by atoms with E-state index in [4.69, 9.17) is 16.3 Å². The van der Waals surface area contributed by atoms with E-state index in [9.17, 15) is 9.59 Å². The van der Waals surface area contributed by atoms with E-state index in [-0.39, 0.29) is 18.3 Å². The van der Waals surface area contributed by atoms with Crippen LogP contribution >= 0.6 is 22.9 Å². The fourth-order valence-corrected chi connectivity index (χ4v) is 3.56. The summed E-state index contributed by atoms with van der Waals surface area (Å²) in [5.41, 5.74) is 1.51. The summed E-state index contributed by atoms with van der Waals surface area (Å²) < 4.78 is 6.38. The van der Waals surface area contributed by atoms with E-state index in [2.05, 4.69) is 10.3 Å². The van der Waals surface area contributed by atoms with Gasteiger partial charge in [0.15, 0.2) is 0 Å². The third kappa shape index (κ3) is 5.77. The molecule has 140 valence electrons. The Kier molecular flexibility index (Phi) is 6.79. The van der Waals surface area contributed by atoms with Crippen LogP contribution in [0.3, 0.4) is 0 Å². The van der Waals surface area contributed by atoms with Gasteiger partial charge in [0.2, 0.25) is 0 Å². The van der Waals surface area contributed by atoms with Crippen molar-refractivity contribution in [2.24, 2.45) is 0 Å². The second-order valence-corrected chi connectivity index (χ2v) is 7.46. The Morgan fingerprint density at radius 3 is 2.67 bits per heavy atom. The van der Waals surface area contributed by atoms with Crippen LogP contribution < -0.4 is 5.32 Å². The first-order chi connectivity index (χ1) is 13.1. The number of ether oxygens (including phenoxy) is 1. The lowest BCUT2D eigenvalue weighted by Crippen LogP contribution is -2.25. The quantitative estimate of drug-likeness (QED) is 0.452. The van der Waals surface area contributed by atoms with Crippen LogP contribution in [0.5, 0.6) is 0 Å². The zero-order chi connectivity index (χ0) is 19.1. The normalized spacial score (nSPS) is 10.7. The zero-order valence-corrected chi connectivity index (χ0v) is 16.2. The highest BCUT2D eigenvalue weighted by atomic mass is 35.5. The number of para-hydroxylation sites is 1. The van der Waals surface area contributed by atoms with Crippen molar-refractivity contribution in [1.29, 1.82) is 0 Å². The number of hydrogen-bond acceptors (Lipinski definition) is 5. The molecule has 0 bridgehead atoms. The van der Waals surface area contributed by atoms with E-state index in [0.29, 0.717) is 36.6 Å². The molecule has 0 radical (unpaired) electrons. The van der Waals surface area contributed by atoms with Crippen molar-refractivity contribution in [2.45, 2.75) is 19.3 Å². The highest BCUT2D eigenvalue weighted by molar-refractivity contribution is 7.18. The summed E-state index contributed by atoms with van der Waals surface area (Å²) >= 11 is 7.41. The van der Waals surface area contributed by atoms with Crippen molar-refractivity contribution >= 4 is 45.0 Å². The second kappa shape index (κ2) is 9.48. The SMILES string of the molecule is O=C(CCCNC(=O)c1ccc(Cl)cc1)OCCc1nc2ccccc2s1. The number of hydrogen-bond donors (Lipinski definition) is 1. The van der Waals surface area contributed by atoms with E-state index in [0.717, 1.165) is 15.2 Å². The fourth-order valence-electron chi connectivity index (χ4n) is 2.49. The van der Waals surface area contributed by atoms with Gasteiger partial charge in [-0.3, -0.25) is 9.59 Å². The summed E-state index contributed by atoms with van der Waals surface area (Å²) in [6.45, 7) is 0.726. The molecular weight excluding hydrogens is 384 g/mol. The maximum Gasteiger partial charge on any atom is 0.305 e. The Morgan fingerprint density at radius 1 is 1.11 bits per heavy atom. The number of rotatable bonds is 8. The van der Waals surface area contributed by atoms with Crippen molar-refractivity contribution in [2.75, 3.05) is 13.2 Å². The van der Waals surface area contributed by atoms with Gasteiger partial charge in [0.25, 0.3) is 5.91 Å². The molecule has 0 aliphatic carbocycles. The molecule has 1 N–H and O–H groups in total. The summed E-state index contributed by atoms with van der Waals surface area (Å²) in [6, 6.07) is 14.6. The van der Waals surface area contributed by atoms with Gasteiger partial charge in [-0.1, -0.05) is 23.7 Å². The summed E-state index contributed by atoms with van der Waals surface area (Å²) in [7, 11) is 0. The number of amides is 1. The van der Waals surface area contributed by atoms with E-state index in [1.165, 1.54) is 0 Å². The van der Waals surface area contributed by atoms with E-state index in [1.54, 1.807) is 35.6 Å². The van der Waals surface area contributed by atoms with Crippen LogP contribution in [0.4, 0.5) is 0 Å². The minimum absolute atomic E-state index is 0.184. The van der Waals surface area contributed by atoms with Gasteiger partial charge >= 0.3 is 5.97 Å². The maximum atomic E-state index is 11.9. The van der Waals surface area contributed by atoms with Crippen LogP contribution in [0.1, 0.15) is 28.2 Å². The van der Waals surface area contributed by atoms with E-state index in [1.807, 2.05) is 24.3 Å². The molecule has 1 heterocycles. The molecule has 3 rings (SSSR count). The standard InChI is InChI=1S/C20H19ClN2O3S/c21-15-9-7-14(8-10-15)20(25)22-12-3-6-19(24)26-13-11-18-23-16-4-1-2-5-17(16)27-18/h1-2,4-5,7-10H,3,6,11-13H2,(H,22,25). The number of thiazole rings is 1. The van der Waals surface area contributed by atoms with Gasteiger partial charge in [-0.25, -0.2) is 4.98 Å². The minimum Gasteiger partial charge on any atom is -0.465 e. The van der Waals surface area contributed by atoms with Crippen LogP contribution in [0.25, 0.3) is 10.2 Å². The zero-order valence-electron chi connectivity index (χ0n) is 14.6.